The van der Waals surface area contributed by atoms with E-state index in [0.29, 0.717) is 17.6 Å². The van der Waals surface area contributed by atoms with Gasteiger partial charge >= 0.3 is 0 Å². The van der Waals surface area contributed by atoms with Crippen molar-refractivity contribution in [2.45, 2.75) is 24.8 Å². The molecule has 0 unspecified atom stereocenters. The normalized spacial score (nSPS) is 11.0. The number of pyridine rings is 1. The molecule has 0 aliphatic heterocycles. The second-order valence-corrected chi connectivity index (χ2v) is 9.56. The fourth-order valence-electron chi connectivity index (χ4n) is 3.56. The van der Waals surface area contributed by atoms with Crippen LogP contribution in [0, 0.1) is 12.3 Å². The molecule has 0 saturated carbocycles. The lowest BCUT2D eigenvalue weighted by atomic mass is 10.2. The van der Waals surface area contributed by atoms with Crippen LogP contribution in [-0.2, 0) is 27.8 Å². The van der Waals surface area contributed by atoms with Gasteiger partial charge in [0.05, 0.1) is 14.2 Å². The lowest BCUT2D eigenvalue weighted by Crippen LogP contribution is -2.20. The Labute approximate surface area is 219 Å². The van der Waals surface area contributed by atoms with Crippen LogP contribution in [-0.4, -0.2) is 38.7 Å². The maximum atomic E-state index is 13.2. The van der Waals surface area contributed by atoms with Crippen LogP contribution in [0.4, 0.5) is 5.82 Å². The number of carbonyl (C=O) groups excluding carboxylic acids is 1. The van der Waals surface area contributed by atoms with Gasteiger partial charge in [-0.1, -0.05) is 24.2 Å². The number of benzene rings is 2. The molecule has 0 spiro atoms. The minimum Gasteiger partial charge on any atom is -0.496 e. The number of sulfonamides is 1. The number of aromatic nitrogens is 2. The van der Waals surface area contributed by atoms with Crippen LogP contribution in [0.3, 0.4) is 0 Å². The summed E-state index contributed by atoms with van der Waals surface area (Å²) in [5.74, 6) is 2.44. The quantitative estimate of drug-likeness (QED) is 0.290. The summed E-state index contributed by atoms with van der Waals surface area (Å²) in [7, 11) is -1.26. The highest BCUT2D eigenvalue weighted by Crippen LogP contribution is 2.38. The van der Waals surface area contributed by atoms with Gasteiger partial charge in [-0.25, -0.2) is 13.4 Å². The molecule has 0 aliphatic carbocycles. The molecule has 196 valence electrons. The topological polar surface area (TPSA) is 142 Å². The summed E-state index contributed by atoms with van der Waals surface area (Å²) in [6.07, 6.45) is 7.21. The van der Waals surface area contributed by atoms with Crippen molar-refractivity contribution in [1.29, 1.82) is 0 Å². The summed E-state index contributed by atoms with van der Waals surface area (Å²) in [4.78, 5) is 15.4. The van der Waals surface area contributed by atoms with Crippen molar-refractivity contribution in [3.05, 3.63) is 59.8 Å². The van der Waals surface area contributed by atoms with Gasteiger partial charge in [-0.3, -0.25) is 9.52 Å². The zero-order chi connectivity index (χ0) is 27.3. The molecule has 2 heterocycles. The van der Waals surface area contributed by atoms with Gasteiger partial charge in [-0.2, -0.15) is 0 Å². The molecular formula is C26H24N4O7S. The van der Waals surface area contributed by atoms with Crippen LogP contribution >= 0.6 is 0 Å². The Morgan fingerprint density at radius 3 is 2.50 bits per heavy atom. The van der Waals surface area contributed by atoms with Crippen molar-refractivity contribution < 1.29 is 31.9 Å². The molecule has 0 aliphatic rings. The van der Waals surface area contributed by atoms with E-state index in [1.54, 1.807) is 36.4 Å². The van der Waals surface area contributed by atoms with Crippen LogP contribution in [0.2, 0.25) is 0 Å². The van der Waals surface area contributed by atoms with Gasteiger partial charge in [0.15, 0.2) is 11.4 Å². The van der Waals surface area contributed by atoms with Crippen LogP contribution in [0.25, 0.3) is 11.0 Å². The van der Waals surface area contributed by atoms with Gasteiger partial charge in [-0.05, 0) is 35.6 Å². The third-order valence-electron chi connectivity index (χ3n) is 5.49. The molecule has 2 aromatic heterocycles. The smallest absolute Gasteiger partial charge is 0.295 e. The number of nitrogens with zero attached hydrogens (tertiary/aromatic N) is 2. The monoisotopic (exact) mass is 536 g/mol. The molecule has 4 rings (SSSR count). The van der Waals surface area contributed by atoms with Gasteiger partial charge in [0.1, 0.15) is 27.5 Å². The summed E-state index contributed by atoms with van der Waals surface area (Å²) in [5, 5.41) is 6.76. The second-order valence-electron chi connectivity index (χ2n) is 7.91. The highest BCUT2D eigenvalue weighted by Gasteiger charge is 2.25. The lowest BCUT2D eigenvalue weighted by molar-refractivity contribution is -0.115. The first kappa shape index (κ1) is 26.3. The number of methoxy groups -OCH3 is 2. The van der Waals surface area contributed by atoms with Crippen molar-refractivity contribution in [1.82, 2.24) is 15.5 Å². The summed E-state index contributed by atoms with van der Waals surface area (Å²) >= 11 is 0. The number of hydrogen-bond donors (Lipinski definition) is 2. The summed E-state index contributed by atoms with van der Waals surface area (Å²) in [6, 6.07) is 11.4. The number of amides is 1. The Balaban J connectivity index is 1.59. The number of nitrogens with one attached hydrogen (secondary N) is 2. The number of terminal acetylenes is 1. The van der Waals surface area contributed by atoms with E-state index in [9.17, 15) is 13.2 Å². The Hall–Kier alpha value is -4.76. The molecule has 2 N–H and O–H groups in total. The van der Waals surface area contributed by atoms with Crippen molar-refractivity contribution in [2.75, 3.05) is 18.9 Å². The molecule has 0 bridgehead atoms. The first-order chi connectivity index (χ1) is 18.3. The van der Waals surface area contributed by atoms with Crippen LogP contribution in [0.5, 0.6) is 23.1 Å². The molecule has 38 heavy (non-hydrogen) atoms. The first-order valence-electron chi connectivity index (χ1n) is 11.3. The van der Waals surface area contributed by atoms with E-state index < -0.39 is 15.9 Å². The summed E-state index contributed by atoms with van der Waals surface area (Å²) in [5.41, 5.74) is 1.77. The SMILES string of the molecule is C#CC(=O)NCc1ccc(Oc2cc(OC)c3c(NS(=O)(=O)c4cc(CC)ccc4OC)noc3c2)nc1. The van der Waals surface area contributed by atoms with Crippen molar-refractivity contribution >= 4 is 32.7 Å². The highest BCUT2D eigenvalue weighted by atomic mass is 32.2. The number of hydrogen-bond acceptors (Lipinski definition) is 9. The Bertz CT molecular complexity index is 1620. The molecule has 1 amide bonds. The van der Waals surface area contributed by atoms with Gasteiger partial charge in [-0.15, -0.1) is 6.42 Å². The van der Waals surface area contributed by atoms with E-state index in [4.69, 9.17) is 25.2 Å². The standard InChI is InChI=1S/C26H24N4O7S/c1-5-16-7-9-19(34-3)22(11-16)38(32,33)30-26-25-20(35-4)12-18(13-21(25)37-29-26)36-24-10-8-17(15-28-24)14-27-23(31)6-2/h2,7-13,15H,5,14H2,1,3-4H3,(H,27,31)(H,29,30). The van der Waals surface area contributed by atoms with Crippen molar-refractivity contribution in [2.24, 2.45) is 0 Å². The molecule has 0 saturated heterocycles. The molecule has 11 nitrogen and oxygen atoms in total. The average molecular weight is 537 g/mol. The van der Waals surface area contributed by atoms with Gasteiger partial charge in [0.2, 0.25) is 5.88 Å². The zero-order valence-corrected chi connectivity index (χ0v) is 21.6. The Morgan fingerprint density at radius 2 is 1.84 bits per heavy atom. The molecule has 12 heteroatoms. The first-order valence-corrected chi connectivity index (χ1v) is 12.8. The minimum atomic E-state index is -4.08. The Kier molecular flexibility index (Phi) is 7.68. The second kappa shape index (κ2) is 11.1. The minimum absolute atomic E-state index is 0.0252. The van der Waals surface area contributed by atoms with Crippen LogP contribution < -0.4 is 24.2 Å². The number of anilines is 1. The molecule has 0 fully saturated rings. The van der Waals surface area contributed by atoms with Gasteiger partial charge in [0.25, 0.3) is 15.9 Å². The molecule has 0 radical (unpaired) electrons. The lowest BCUT2D eigenvalue weighted by Gasteiger charge is -2.12. The molecule has 4 aromatic rings. The number of aryl methyl sites for hydroxylation is 1. The van der Waals surface area contributed by atoms with Crippen molar-refractivity contribution in [3.8, 4) is 35.5 Å². The maximum absolute atomic E-state index is 13.2. The fraction of sp³-hybridized carbons (Fsp3) is 0.192. The molecule has 0 atom stereocenters. The average Bonchev–Trinajstić information content (AvgIpc) is 3.33. The molecular weight excluding hydrogens is 512 g/mol. The maximum Gasteiger partial charge on any atom is 0.295 e. The van der Waals surface area contributed by atoms with E-state index in [1.807, 2.05) is 12.8 Å². The van der Waals surface area contributed by atoms with E-state index >= 15 is 0 Å². The predicted molar refractivity (Wildman–Crippen MR) is 139 cm³/mol. The van der Waals surface area contributed by atoms with Crippen LogP contribution in [0.15, 0.2) is 58.1 Å². The van der Waals surface area contributed by atoms with Gasteiger partial charge in [0, 0.05) is 30.9 Å². The third-order valence-corrected chi connectivity index (χ3v) is 6.85. The number of fused-ring (bicyclic) bond motifs is 1. The predicted octanol–water partition coefficient (Wildman–Crippen LogP) is 3.64. The third kappa shape index (κ3) is 5.63. The van der Waals surface area contributed by atoms with E-state index in [0.717, 1.165) is 11.1 Å². The number of rotatable bonds is 10. The number of carbonyl (C=O) groups is 1. The highest BCUT2D eigenvalue weighted by molar-refractivity contribution is 7.92. The zero-order valence-electron chi connectivity index (χ0n) is 20.8. The fourth-order valence-corrected chi connectivity index (χ4v) is 4.79. The number of ether oxygens (including phenoxy) is 3. The molecule has 2 aromatic carbocycles. The Morgan fingerprint density at radius 1 is 1.08 bits per heavy atom. The largest absolute Gasteiger partial charge is 0.496 e. The summed E-state index contributed by atoms with van der Waals surface area (Å²) in [6.45, 7) is 2.15. The summed E-state index contributed by atoms with van der Waals surface area (Å²) < 4.78 is 50.9. The van der Waals surface area contributed by atoms with Crippen molar-refractivity contribution in [3.63, 3.8) is 0 Å². The van der Waals surface area contributed by atoms with E-state index in [1.165, 1.54) is 26.5 Å². The van der Waals surface area contributed by atoms with Gasteiger partial charge < -0.3 is 24.1 Å². The van der Waals surface area contributed by atoms with E-state index in [-0.39, 0.29) is 40.2 Å². The van der Waals surface area contributed by atoms with Crippen LogP contribution in [0.1, 0.15) is 18.1 Å². The van der Waals surface area contributed by atoms with E-state index in [2.05, 4.69) is 20.2 Å².